The first-order chi connectivity index (χ1) is 32.9. The molecule has 7 N–H and O–H groups in total. The van der Waals surface area contributed by atoms with Crippen LogP contribution >= 0.6 is 11.6 Å². The number of amides is 2. The highest BCUT2D eigenvalue weighted by Crippen LogP contribution is 2.33. The van der Waals surface area contributed by atoms with Crippen LogP contribution in [0.4, 0.5) is 64.1 Å². The maximum Gasteiger partial charge on any atom is 0.433 e. The van der Waals surface area contributed by atoms with Gasteiger partial charge in [0.25, 0.3) is 11.8 Å². The number of hydrogen-bond donors (Lipinski definition) is 6. The Labute approximate surface area is 396 Å². The molecule has 2 heterocycles. The maximum absolute atomic E-state index is 13.4. The zero-order valence-electron chi connectivity index (χ0n) is 36.6. The standard InChI is InChI=1S/C24H23F4N5O.C18H17ClF4N4O.C6H7N/c25-16-8-6-15(7-9-16)22(34)30-19-12-10-18(11-13-19)29-21-14-20(24(26,27)28)32-23(33-21)31-17-4-2-1-3-5-17;19-17-26-14(18(21,22)23)9-15(27-17)24-12-5-7-13(8-6-12)25-16(28)10-1-3-11(20)4-2-10;7-6-4-2-1-3-5-6/h1-9,14,18-19H,10-13H2,(H,30,34)(H2,29,31,32,33);1-4,9,12-13H,5-8H2,(H,25,28)(H,24,26,27);1-5H,7H2. The lowest BCUT2D eigenvalue weighted by Crippen LogP contribution is -2.40. The smallest absolute Gasteiger partial charge is 0.399 e. The van der Waals surface area contributed by atoms with Crippen LogP contribution in [0.1, 0.15) is 83.5 Å². The average molecular weight is 983 g/mol. The molecule has 2 saturated carbocycles. The van der Waals surface area contributed by atoms with Crippen molar-refractivity contribution in [2.24, 2.45) is 0 Å². The van der Waals surface area contributed by atoms with Crippen molar-refractivity contribution in [3.05, 3.63) is 161 Å². The van der Waals surface area contributed by atoms with Crippen molar-refractivity contribution >= 4 is 52.4 Å². The molecular weight excluding hydrogens is 936 g/mol. The number of carbonyl (C=O) groups is 2. The zero-order valence-corrected chi connectivity index (χ0v) is 37.4. The van der Waals surface area contributed by atoms with Gasteiger partial charge in [0.15, 0.2) is 11.4 Å². The Morgan fingerprint density at radius 1 is 0.522 bits per heavy atom. The molecule has 12 nitrogen and oxygen atoms in total. The third kappa shape index (κ3) is 16.6. The van der Waals surface area contributed by atoms with E-state index in [0.717, 1.165) is 17.8 Å². The molecule has 0 atom stereocenters. The lowest BCUT2D eigenvalue weighted by molar-refractivity contribution is -0.141. The van der Waals surface area contributed by atoms with Crippen LogP contribution in [0.5, 0.6) is 0 Å². The van der Waals surface area contributed by atoms with Crippen molar-refractivity contribution in [1.82, 2.24) is 30.6 Å². The van der Waals surface area contributed by atoms with Gasteiger partial charge in [-0.1, -0.05) is 36.4 Å². The van der Waals surface area contributed by atoms with E-state index in [2.05, 4.69) is 46.5 Å². The Bertz CT molecular complexity index is 2580. The van der Waals surface area contributed by atoms with Crippen molar-refractivity contribution in [2.45, 2.75) is 87.9 Å². The molecular formula is C48H47ClF8N10O2. The number of nitrogens with two attached hydrogens (primary N) is 1. The van der Waals surface area contributed by atoms with Crippen LogP contribution in [0.25, 0.3) is 0 Å². The molecule has 69 heavy (non-hydrogen) atoms. The minimum atomic E-state index is -4.62. The number of nitrogens with zero attached hydrogens (tertiary/aromatic N) is 4. The zero-order chi connectivity index (χ0) is 49.6. The first kappa shape index (κ1) is 51.3. The van der Waals surface area contributed by atoms with Crippen LogP contribution in [0.3, 0.4) is 0 Å². The van der Waals surface area contributed by atoms with Crippen molar-refractivity contribution in [3.63, 3.8) is 0 Å². The monoisotopic (exact) mass is 982 g/mol. The van der Waals surface area contributed by atoms with Gasteiger partial charge in [-0.15, -0.1) is 0 Å². The number of hydrogen-bond acceptors (Lipinski definition) is 10. The molecule has 2 fully saturated rings. The average Bonchev–Trinajstić information content (AvgIpc) is 3.31. The summed E-state index contributed by atoms with van der Waals surface area (Å²) in [6.07, 6.45) is -4.07. The lowest BCUT2D eigenvalue weighted by atomic mass is 9.91. The number of rotatable bonds is 10. The van der Waals surface area contributed by atoms with Crippen LogP contribution in [0, 0.1) is 11.6 Å². The van der Waals surface area contributed by atoms with Crippen LogP contribution < -0.4 is 32.3 Å². The molecule has 2 aliphatic carbocycles. The van der Waals surface area contributed by atoms with E-state index in [0.29, 0.717) is 68.2 Å². The highest BCUT2D eigenvalue weighted by molar-refractivity contribution is 6.28. The second-order valence-corrected chi connectivity index (χ2v) is 16.5. The van der Waals surface area contributed by atoms with Crippen molar-refractivity contribution in [1.29, 1.82) is 0 Å². The highest BCUT2D eigenvalue weighted by Gasteiger charge is 2.35. The number of nitrogens with one attached hydrogen (secondary N) is 5. The van der Waals surface area contributed by atoms with E-state index in [9.17, 15) is 44.7 Å². The third-order valence-electron chi connectivity index (χ3n) is 10.9. The summed E-state index contributed by atoms with van der Waals surface area (Å²) in [5.41, 5.74) is 5.36. The van der Waals surface area contributed by atoms with Gasteiger partial charge in [0.1, 0.15) is 23.3 Å². The lowest BCUT2D eigenvalue weighted by Gasteiger charge is -2.30. The highest BCUT2D eigenvalue weighted by atomic mass is 35.5. The minimum Gasteiger partial charge on any atom is -0.399 e. The van der Waals surface area contributed by atoms with Crippen molar-refractivity contribution < 1.29 is 44.7 Å². The molecule has 0 spiro atoms. The molecule has 6 aromatic rings. The largest absolute Gasteiger partial charge is 0.433 e. The summed E-state index contributed by atoms with van der Waals surface area (Å²) in [7, 11) is 0. The predicted octanol–water partition coefficient (Wildman–Crippen LogP) is 11.2. The quantitative estimate of drug-likeness (QED) is 0.0441. The number of halogens is 9. The SMILES string of the molecule is Nc1ccccc1.O=C(NC1CCC(Nc2cc(C(F)(F)F)nc(Cl)n2)CC1)c1ccc(F)cc1.O=C(NC1CCC(Nc2cc(C(F)(F)F)nc(Nc3ccccc3)n2)CC1)c1ccc(F)cc1. The molecule has 0 bridgehead atoms. The van der Waals surface area contributed by atoms with Gasteiger partial charge in [-0.05, 0) is 136 Å². The fourth-order valence-corrected chi connectivity index (χ4v) is 7.57. The van der Waals surface area contributed by atoms with E-state index in [1.165, 1.54) is 48.5 Å². The fraction of sp³-hybridized carbons (Fsp3) is 0.292. The van der Waals surface area contributed by atoms with Gasteiger partial charge < -0.3 is 32.3 Å². The molecule has 4 aromatic carbocycles. The Kier molecular flexibility index (Phi) is 17.7. The Morgan fingerprint density at radius 2 is 0.913 bits per heavy atom. The molecule has 2 aliphatic rings. The number of nitrogen functional groups attached to an aromatic ring is 1. The summed E-state index contributed by atoms with van der Waals surface area (Å²) in [5, 5.41) is 14.2. The summed E-state index contributed by atoms with van der Waals surface area (Å²) in [6, 6.07) is 30.2. The minimum absolute atomic E-state index is 0.0196. The first-order valence-electron chi connectivity index (χ1n) is 21.7. The number of alkyl halides is 6. The van der Waals surface area contributed by atoms with Gasteiger partial charge in [0, 0.05) is 58.8 Å². The molecule has 2 aromatic heterocycles. The van der Waals surface area contributed by atoms with E-state index < -0.39 is 40.7 Å². The summed E-state index contributed by atoms with van der Waals surface area (Å²) < 4.78 is 105. The van der Waals surface area contributed by atoms with Gasteiger partial charge in [0.2, 0.25) is 11.2 Å². The van der Waals surface area contributed by atoms with Crippen LogP contribution in [0.15, 0.2) is 121 Å². The summed E-state index contributed by atoms with van der Waals surface area (Å²) >= 11 is 5.59. The predicted molar refractivity (Wildman–Crippen MR) is 247 cm³/mol. The van der Waals surface area contributed by atoms with E-state index in [4.69, 9.17) is 17.3 Å². The molecule has 0 unspecified atom stereocenters. The number of aromatic nitrogens is 4. The second kappa shape index (κ2) is 23.8. The van der Waals surface area contributed by atoms with E-state index >= 15 is 0 Å². The Balaban J connectivity index is 0.000000201. The number of carbonyl (C=O) groups excluding carboxylic acids is 2. The molecule has 21 heteroatoms. The normalized spacial score (nSPS) is 17.9. The molecule has 364 valence electrons. The van der Waals surface area contributed by atoms with Gasteiger partial charge in [0.05, 0.1) is 0 Å². The van der Waals surface area contributed by atoms with Gasteiger partial charge >= 0.3 is 12.4 Å². The molecule has 0 radical (unpaired) electrons. The van der Waals surface area contributed by atoms with E-state index in [1.54, 1.807) is 30.3 Å². The number of benzene rings is 4. The van der Waals surface area contributed by atoms with Crippen LogP contribution in [0.2, 0.25) is 5.28 Å². The van der Waals surface area contributed by atoms with E-state index in [-0.39, 0.29) is 53.6 Å². The van der Waals surface area contributed by atoms with Crippen LogP contribution in [-0.4, -0.2) is 55.9 Å². The summed E-state index contributed by atoms with van der Waals surface area (Å²) in [4.78, 5) is 39.3. The molecule has 8 rings (SSSR count). The third-order valence-corrected chi connectivity index (χ3v) is 11.0. The summed E-state index contributed by atoms with van der Waals surface area (Å²) in [6.45, 7) is 0. The first-order valence-corrected chi connectivity index (χ1v) is 22.1. The van der Waals surface area contributed by atoms with Crippen molar-refractivity contribution in [3.8, 4) is 0 Å². The van der Waals surface area contributed by atoms with Crippen molar-refractivity contribution in [2.75, 3.05) is 21.7 Å². The second-order valence-electron chi connectivity index (χ2n) is 16.1. The van der Waals surface area contributed by atoms with Gasteiger partial charge in [-0.3, -0.25) is 9.59 Å². The van der Waals surface area contributed by atoms with Gasteiger partial charge in [-0.2, -0.15) is 31.3 Å². The fourth-order valence-electron chi connectivity index (χ4n) is 7.39. The molecule has 0 saturated heterocycles. The maximum atomic E-state index is 13.4. The molecule has 2 amide bonds. The summed E-state index contributed by atoms with van der Waals surface area (Å²) in [5.74, 6) is -1.44. The van der Waals surface area contributed by atoms with Crippen LogP contribution in [-0.2, 0) is 12.4 Å². The molecule has 0 aliphatic heterocycles. The number of para-hydroxylation sites is 2. The van der Waals surface area contributed by atoms with Gasteiger partial charge in [-0.25, -0.2) is 23.7 Å². The Morgan fingerprint density at radius 3 is 1.32 bits per heavy atom. The Hall–Kier alpha value is -7.09. The number of anilines is 5. The van der Waals surface area contributed by atoms with E-state index in [1.807, 2.05) is 30.3 Å². The topological polar surface area (TPSA) is 172 Å².